The van der Waals surface area contributed by atoms with Crippen LogP contribution in [-0.2, 0) is 5.54 Å². The maximum atomic E-state index is 3.34. The molecule has 1 aromatic heterocycles. The number of hydrogen-bond donors (Lipinski definition) is 1. The van der Waals surface area contributed by atoms with Crippen molar-refractivity contribution in [2.45, 2.75) is 32.4 Å². The van der Waals surface area contributed by atoms with Crippen LogP contribution in [0.15, 0.2) is 24.4 Å². The minimum atomic E-state index is 0.181. The van der Waals surface area contributed by atoms with Crippen molar-refractivity contribution in [3.63, 3.8) is 0 Å². The fourth-order valence-electron chi connectivity index (χ4n) is 1.62. The molecule has 0 aliphatic carbocycles. The van der Waals surface area contributed by atoms with Gasteiger partial charge in [-0.25, -0.2) is 0 Å². The van der Waals surface area contributed by atoms with Crippen molar-refractivity contribution in [2.75, 3.05) is 6.54 Å². The van der Waals surface area contributed by atoms with Gasteiger partial charge in [-0.3, -0.25) is 0 Å². The average molecular weight is 177 g/mol. The van der Waals surface area contributed by atoms with E-state index in [1.807, 2.05) is 0 Å². The van der Waals surface area contributed by atoms with Crippen LogP contribution in [0.1, 0.15) is 32.5 Å². The van der Waals surface area contributed by atoms with Gasteiger partial charge in [-0.15, -0.1) is 0 Å². The molecule has 13 heavy (non-hydrogen) atoms. The van der Waals surface area contributed by atoms with Crippen molar-refractivity contribution < 1.29 is 4.57 Å². The molecule has 70 valence electrons. The van der Waals surface area contributed by atoms with Crippen molar-refractivity contribution in [1.82, 2.24) is 5.32 Å². The molecule has 2 heterocycles. The summed E-state index contributed by atoms with van der Waals surface area (Å²) in [5, 5.41) is 3.34. The maximum Gasteiger partial charge on any atom is 0.200 e. The Morgan fingerprint density at radius 2 is 2.08 bits per heavy atom. The molecule has 0 aromatic carbocycles. The molecule has 1 aromatic rings. The molecule has 0 amide bonds. The quantitative estimate of drug-likeness (QED) is 0.509. The molecular weight excluding hydrogens is 160 g/mol. The van der Waals surface area contributed by atoms with Crippen molar-refractivity contribution in [2.24, 2.45) is 0 Å². The SMILES string of the molecule is CC(C)(C)[n+]1ccccc1C1CN1. The normalized spacial score (nSPS) is 21.6. The zero-order valence-electron chi connectivity index (χ0n) is 8.54. The van der Waals surface area contributed by atoms with Crippen molar-refractivity contribution in [3.05, 3.63) is 30.1 Å². The molecule has 1 N–H and O–H groups in total. The van der Waals surface area contributed by atoms with Gasteiger partial charge in [0.15, 0.2) is 17.4 Å². The van der Waals surface area contributed by atoms with E-state index >= 15 is 0 Å². The van der Waals surface area contributed by atoms with E-state index in [-0.39, 0.29) is 5.54 Å². The molecule has 1 aliphatic heterocycles. The number of nitrogens with zero attached hydrogens (tertiary/aromatic N) is 1. The Bertz CT molecular complexity index is 308. The zero-order chi connectivity index (χ0) is 9.47. The largest absolute Gasteiger partial charge is 0.302 e. The Labute approximate surface area is 79.6 Å². The van der Waals surface area contributed by atoms with Gasteiger partial charge in [0, 0.05) is 39.4 Å². The predicted octanol–water partition coefficient (Wildman–Crippen LogP) is 1.37. The van der Waals surface area contributed by atoms with Crippen LogP contribution in [-0.4, -0.2) is 6.54 Å². The molecule has 0 spiro atoms. The van der Waals surface area contributed by atoms with E-state index in [1.165, 1.54) is 5.69 Å². The number of rotatable bonds is 1. The fourth-order valence-corrected chi connectivity index (χ4v) is 1.62. The predicted molar refractivity (Wildman–Crippen MR) is 52.4 cm³/mol. The highest BCUT2D eigenvalue weighted by Crippen LogP contribution is 2.19. The van der Waals surface area contributed by atoms with Gasteiger partial charge < -0.3 is 5.32 Å². The van der Waals surface area contributed by atoms with Gasteiger partial charge in [0.05, 0.1) is 0 Å². The van der Waals surface area contributed by atoms with Crippen LogP contribution in [0.2, 0.25) is 0 Å². The third-order valence-corrected chi connectivity index (χ3v) is 2.38. The van der Waals surface area contributed by atoms with E-state index in [9.17, 15) is 0 Å². The number of nitrogens with one attached hydrogen (secondary N) is 1. The van der Waals surface area contributed by atoms with E-state index in [2.05, 4.69) is 55.1 Å². The number of hydrogen-bond acceptors (Lipinski definition) is 1. The number of aromatic nitrogens is 1. The summed E-state index contributed by atoms with van der Waals surface area (Å²) < 4.78 is 2.34. The van der Waals surface area contributed by atoms with Crippen LogP contribution in [0.5, 0.6) is 0 Å². The van der Waals surface area contributed by atoms with E-state index in [4.69, 9.17) is 0 Å². The van der Waals surface area contributed by atoms with Gasteiger partial charge in [-0.1, -0.05) is 6.07 Å². The fraction of sp³-hybridized carbons (Fsp3) is 0.545. The standard InChI is InChI=1S/C11H17N2/c1-11(2,3)13-7-5-4-6-10(13)9-8-12-9/h4-7,9,12H,8H2,1-3H3/q+1. The zero-order valence-corrected chi connectivity index (χ0v) is 8.54. The molecule has 0 bridgehead atoms. The molecule has 1 atom stereocenters. The highest BCUT2D eigenvalue weighted by Gasteiger charge is 2.35. The topological polar surface area (TPSA) is 25.8 Å². The lowest BCUT2D eigenvalue weighted by Crippen LogP contribution is -2.52. The van der Waals surface area contributed by atoms with Gasteiger partial charge in [0.2, 0.25) is 0 Å². The molecule has 1 unspecified atom stereocenters. The Morgan fingerprint density at radius 3 is 2.62 bits per heavy atom. The summed E-state index contributed by atoms with van der Waals surface area (Å²) in [6.07, 6.45) is 2.16. The molecular formula is C11H17N2+. The van der Waals surface area contributed by atoms with Crippen LogP contribution in [0.25, 0.3) is 0 Å². The number of pyridine rings is 1. The summed E-state index contributed by atoms with van der Waals surface area (Å²) >= 11 is 0. The lowest BCUT2D eigenvalue weighted by atomic mass is 10.1. The van der Waals surface area contributed by atoms with Gasteiger partial charge in [-0.05, 0) is 0 Å². The van der Waals surface area contributed by atoms with E-state index in [0.29, 0.717) is 6.04 Å². The minimum Gasteiger partial charge on any atom is -0.302 e. The highest BCUT2D eigenvalue weighted by atomic mass is 15.2. The molecule has 2 nitrogen and oxygen atoms in total. The summed E-state index contributed by atoms with van der Waals surface area (Å²) in [4.78, 5) is 0. The lowest BCUT2D eigenvalue weighted by molar-refractivity contribution is -0.760. The molecule has 2 rings (SSSR count). The smallest absolute Gasteiger partial charge is 0.200 e. The summed E-state index contributed by atoms with van der Waals surface area (Å²) in [5.74, 6) is 0. The Balaban J connectivity index is 2.43. The van der Waals surface area contributed by atoms with E-state index in [1.54, 1.807) is 0 Å². The first-order valence-corrected chi connectivity index (χ1v) is 4.83. The second-order valence-electron chi connectivity index (χ2n) is 4.63. The molecule has 0 radical (unpaired) electrons. The van der Waals surface area contributed by atoms with Gasteiger partial charge in [-0.2, -0.15) is 4.57 Å². The molecule has 2 heteroatoms. The monoisotopic (exact) mass is 177 g/mol. The summed E-state index contributed by atoms with van der Waals surface area (Å²) in [6, 6.07) is 6.99. The Morgan fingerprint density at radius 1 is 1.38 bits per heavy atom. The van der Waals surface area contributed by atoms with Crippen LogP contribution < -0.4 is 9.88 Å². The van der Waals surface area contributed by atoms with Crippen molar-refractivity contribution in [3.8, 4) is 0 Å². The summed E-state index contributed by atoms with van der Waals surface area (Å²) in [5.41, 5.74) is 1.58. The molecule has 0 saturated carbocycles. The molecule has 1 aliphatic rings. The van der Waals surface area contributed by atoms with E-state index in [0.717, 1.165) is 6.54 Å². The van der Waals surface area contributed by atoms with Crippen LogP contribution in [0.4, 0.5) is 0 Å². The molecule has 1 fully saturated rings. The summed E-state index contributed by atoms with van der Waals surface area (Å²) in [7, 11) is 0. The highest BCUT2D eigenvalue weighted by molar-refractivity contribution is 5.09. The van der Waals surface area contributed by atoms with Gasteiger partial charge in [0.1, 0.15) is 6.04 Å². The Hall–Kier alpha value is -0.890. The second-order valence-corrected chi connectivity index (χ2v) is 4.63. The average Bonchev–Trinajstić information content (AvgIpc) is 2.85. The minimum absolute atomic E-state index is 0.181. The third-order valence-electron chi connectivity index (χ3n) is 2.38. The van der Waals surface area contributed by atoms with Crippen LogP contribution in [0, 0.1) is 0 Å². The maximum absolute atomic E-state index is 3.34. The Kier molecular flexibility index (Phi) is 1.88. The van der Waals surface area contributed by atoms with Crippen molar-refractivity contribution >= 4 is 0 Å². The second kappa shape index (κ2) is 2.81. The lowest BCUT2D eigenvalue weighted by Gasteiger charge is -2.15. The van der Waals surface area contributed by atoms with Crippen LogP contribution in [0.3, 0.4) is 0 Å². The first-order chi connectivity index (χ1) is 6.09. The van der Waals surface area contributed by atoms with Gasteiger partial charge in [0.25, 0.3) is 0 Å². The van der Waals surface area contributed by atoms with E-state index < -0.39 is 0 Å². The van der Waals surface area contributed by atoms with Gasteiger partial charge >= 0.3 is 0 Å². The first kappa shape index (κ1) is 8.70. The van der Waals surface area contributed by atoms with Crippen molar-refractivity contribution in [1.29, 1.82) is 0 Å². The first-order valence-electron chi connectivity index (χ1n) is 4.83. The molecule has 1 saturated heterocycles. The van der Waals surface area contributed by atoms with Crippen LogP contribution >= 0.6 is 0 Å². The third kappa shape index (κ3) is 1.73. The summed E-state index contributed by atoms with van der Waals surface area (Å²) in [6.45, 7) is 7.83.